The van der Waals surface area contributed by atoms with E-state index in [1.165, 1.54) is 32.1 Å². The Morgan fingerprint density at radius 1 is 1.20 bits per heavy atom. The average molecular weight is 414 g/mol. The van der Waals surface area contributed by atoms with Gasteiger partial charge < -0.3 is 19.8 Å². The molecule has 3 aliphatic rings. The quantitative estimate of drug-likeness (QED) is 0.785. The van der Waals surface area contributed by atoms with Crippen molar-refractivity contribution in [2.75, 3.05) is 13.2 Å². The Morgan fingerprint density at radius 3 is 2.77 bits per heavy atom. The third-order valence-corrected chi connectivity index (χ3v) is 6.86. The first kappa shape index (κ1) is 19.8. The van der Waals surface area contributed by atoms with Gasteiger partial charge in [0.1, 0.15) is 18.2 Å². The molecule has 2 N–H and O–H groups in total. The molecule has 5 rings (SSSR count). The lowest BCUT2D eigenvalue weighted by Crippen LogP contribution is -2.44. The van der Waals surface area contributed by atoms with Gasteiger partial charge in [-0.05, 0) is 32.3 Å². The molecule has 1 amide bonds. The number of H-pyrrole nitrogens is 1. The second-order valence-corrected chi connectivity index (χ2v) is 9.13. The fraction of sp³-hybridized carbons (Fsp3) is 0.682. The summed E-state index contributed by atoms with van der Waals surface area (Å²) in [6.07, 6.45) is 9.43. The van der Waals surface area contributed by atoms with E-state index in [2.05, 4.69) is 26.8 Å². The van der Waals surface area contributed by atoms with Gasteiger partial charge in [-0.25, -0.2) is 4.68 Å². The van der Waals surface area contributed by atoms with Gasteiger partial charge in [-0.2, -0.15) is 0 Å². The molecule has 30 heavy (non-hydrogen) atoms. The Kier molecular flexibility index (Phi) is 5.37. The molecule has 2 aromatic rings. The van der Waals surface area contributed by atoms with Crippen LogP contribution in [0.25, 0.3) is 0 Å². The van der Waals surface area contributed by atoms with Crippen molar-refractivity contribution >= 4 is 5.91 Å². The SMILES string of the molecule is Cc1cc(C(=O)NC2COC3C2OCC3n2cc(CC3CCCCC3)nn2)c(C)[nH]1. The van der Waals surface area contributed by atoms with E-state index < -0.39 is 0 Å². The monoisotopic (exact) mass is 413 g/mol. The van der Waals surface area contributed by atoms with Gasteiger partial charge in [-0.3, -0.25) is 4.79 Å². The highest BCUT2D eigenvalue weighted by Gasteiger charge is 2.49. The lowest BCUT2D eigenvalue weighted by atomic mass is 9.86. The zero-order chi connectivity index (χ0) is 20.7. The molecular weight excluding hydrogens is 382 g/mol. The van der Waals surface area contributed by atoms with Crippen LogP contribution in [0.4, 0.5) is 0 Å². The standard InChI is InChI=1S/C22H31N5O3/c1-13-8-17(14(2)23-13)22(28)24-18-11-29-21-19(12-30-20(18)21)27-10-16(25-26-27)9-15-6-4-3-5-7-15/h8,10,15,18-21,23H,3-7,9,11-12H2,1-2H3,(H,24,28). The normalized spacial score (nSPS) is 29.3. The van der Waals surface area contributed by atoms with Gasteiger partial charge >= 0.3 is 0 Å². The number of ether oxygens (including phenoxy) is 2. The number of aromatic nitrogens is 4. The van der Waals surface area contributed by atoms with Gasteiger partial charge in [0.2, 0.25) is 0 Å². The van der Waals surface area contributed by atoms with Crippen molar-refractivity contribution in [1.82, 2.24) is 25.3 Å². The second kappa shape index (κ2) is 8.15. The summed E-state index contributed by atoms with van der Waals surface area (Å²) in [5.74, 6) is 0.646. The van der Waals surface area contributed by atoms with Crippen LogP contribution in [0.15, 0.2) is 12.3 Å². The highest BCUT2D eigenvalue weighted by Crippen LogP contribution is 2.34. The molecule has 8 nitrogen and oxygen atoms in total. The number of aryl methyl sites for hydroxylation is 2. The summed E-state index contributed by atoms with van der Waals surface area (Å²) in [6, 6.07) is 1.72. The Balaban J connectivity index is 1.21. The van der Waals surface area contributed by atoms with Crippen molar-refractivity contribution in [1.29, 1.82) is 0 Å². The molecule has 3 fully saturated rings. The summed E-state index contributed by atoms with van der Waals surface area (Å²) in [6.45, 7) is 4.83. The predicted octanol–water partition coefficient (Wildman–Crippen LogP) is 2.48. The number of hydrogen-bond acceptors (Lipinski definition) is 5. The van der Waals surface area contributed by atoms with E-state index in [0.717, 1.165) is 29.4 Å². The average Bonchev–Trinajstić information content (AvgIpc) is 3.49. The predicted molar refractivity (Wildman–Crippen MR) is 110 cm³/mol. The minimum absolute atomic E-state index is 0.000692. The topological polar surface area (TPSA) is 94.1 Å². The van der Waals surface area contributed by atoms with Crippen LogP contribution in [0.1, 0.15) is 65.6 Å². The van der Waals surface area contributed by atoms with Gasteiger partial charge in [0.25, 0.3) is 5.91 Å². The number of carbonyl (C=O) groups is 1. The molecule has 4 atom stereocenters. The van der Waals surface area contributed by atoms with Crippen LogP contribution in [-0.2, 0) is 15.9 Å². The maximum absolute atomic E-state index is 12.7. The van der Waals surface area contributed by atoms with Gasteiger partial charge in [-0.1, -0.05) is 37.3 Å². The third-order valence-electron chi connectivity index (χ3n) is 6.86. The maximum Gasteiger partial charge on any atom is 0.253 e. The number of rotatable bonds is 5. The number of nitrogens with zero attached hydrogens (tertiary/aromatic N) is 3. The largest absolute Gasteiger partial charge is 0.371 e. The van der Waals surface area contributed by atoms with E-state index in [1.807, 2.05) is 24.6 Å². The van der Waals surface area contributed by atoms with Gasteiger partial charge in [-0.15, -0.1) is 5.10 Å². The second-order valence-electron chi connectivity index (χ2n) is 9.13. The first-order valence-electron chi connectivity index (χ1n) is 11.2. The van der Waals surface area contributed by atoms with E-state index in [1.54, 1.807) is 0 Å². The molecule has 0 bridgehead atoms. The molecule has 2 aromatic heterocycles. The molecule has 162 valence electrons. The fourth-order valence-electron chi connectivity index (χ4n) is 5.29. The third kappa shape index (κ3) is 3.78. The zero-order valence-corrected chi connectivity index (χ0v) is 17.8. The molecule has 0 aromatic carbocycles. The number of carbonyl (C=O) groups excluding carboxylic acids is 1. The Morgan fingerprint density at radius 2 is 2.00 bits per heavy atom. The van der Waals surface area contributed by atoms with Crippen LogP contribution < -0.4 is 5.32 Å². The first-order chi connectivity index (χ1) is 14.6. The molecule has 4 unspecified atom stereocenters. The minimum atomic E-state index is -0.162. The van der Waals surface area contributed by atoms with E-state index in [4.69, 9.17) is 9.47 Å². The lowest BCUT2D eigenvalue weighted by molar-refractivity contribution is 0.0613. The zero-order valence-electron chi connectivity index (χ0n) is 17.8. The fourth-order valence-corrected chi connectivity index (χ4v) is 5.29. The molecule has 0 spiro atoms. The Bertz CT molecular complexity index is 900. The van der Waals surface area contributed by atoms with Crippen LogP contribution >= 0.6 is 0 Å². The molecule has 8 heteroatoms. The summed E-state index contributed by atoms with van der Waals surface area (Å²) in [5, 5.41) is 11.9. The maximum atomic E-state index is 12.7. The van der Waals surface area contributed by atoms with E-state index >= 15 is 0 Å². The first-order valence-corrected chi connectivity index (χ1v) is 11.2. The Labute approximate surface area is 176 Å². The number of fused-ring (bicyclic) bond motifs is 1. The summed E-state index contributed by atoms with van der Waals surface area (Å²) < 4.78 is 14.0. The molecule has 2 saturated heterocycles. The summed E-state index contributed by atoms with van der Waals surface area (Å²) in [7, 11) is 0. The van der Waals surface area contributed by atoms with Crippen LogP contribution in [0, 0.1) is 19.8 Å². The number of amides is 1. The minimum Gasteiger partial charge on any atom is -0.371 e. The molecule has 0 radical (unpaired) electrons. The van der Waals surface area contributed by atoms with Crippen LogP contribution in [0.3, 0.4) is 0 Å². The highest BCUT2D eigenvalue weighted by atomic mass is 16.6. The van der Waals surface area contributed by atoms with Crippen molar-refractivity contribution in [3.8, 4) is 0 Å². The number of aromatic amines is 1. The van der Waals surface area contributed by atoms with Gasteiger partial charge in [0.15, 0.2) is 0 Å². The van der Waals surface area contributed by atoms with Gasteiger partial charge in [0.05, 0.1) is 30.5 Å². The number of hydrogen-bond donors (Lipinski definition) is 2. The molecular formula is C22H31N5O3. The van der Waals surface area contributed by atoms with Crippen molar-refractivity contribution in [2.24, 2.45) is 5.92 Å². The molecule has 1 saturated carbocycles. The van der Waals surface area contributed by atoms with Crippen LogP contribution in [0.5, 0.6) is 0 Å². The molecule has 4 heterocycles. The lowest BCUT2D eigenvalue weighted by Gasteiger charge is -2.20. The highest BCUT2D eigenvalue weighted by molar-refractivity contribution is 5.95. The van der Waals surface area contributed by atoms with E-state index in [9.17, 15) is 4.79 Å². The van der Waals surface area contributed by atoms with Gasteiger partial charge in [0, 0.05) is 17.6 Å². The van der Waals surface area contributed by atoms with Crippen LogP contribution in [-0.4, -0.2) is 57.3 Å². The summed E-state index contributed by atoms with van der Waals surface area (Å²) in [5.41, 5.74) is 3.59. The molecule has 2 aliphatic heterocycles. The summed E-state index contributed by atoms with van der Waals surface area (Å²) in [4.78, 5) is 15.9. The van der Waals surface area contributed by atoms with E-state index in [-0.39, 0.29) is 30.2 Å². The van der Waals surface area contributed by atoms with Crippen molar-refractivity contribution in [2.45, 2.75) is 76.7 Å². The van der Waals surface area contributed by atoms with Crippen molar-refractivity contribution in [3.05, 3.63) is 34.9 Å². The molecule has 1 aliphatic carbocycles. The van der Waals surface area contributed by atoms with E-state index in [0.29, 0.717) is 18.8 Å². The van der Waals surface area contributed by atoms with Crippen LogP contribution in [0.2, 0.25) is 0 Å². The summed E-state index contributed by atoms with van der Waals surface area (Å²) >= 11 is 0. The Hall–Kier alpha value is -2.19. The van der Waals surface area contributed by atoms with Crippen molar-refractivity contribution in [3.63, 3.8) is 0 Å². The smallest absolute Gasteiger partial charge is 0.253 e. The number of nitrogens with one attached hydrogen (secondary N) is 2. The van der Waals surface area contributed by atoms with Crippen molar-refractivity contribution < 1.29 is 14.3 Å².